The van der Waals surface area contributed by atoms with Gasteiger partial charge in [0.2, 0.25) is 0 Å². The minimum atomic E-state index is -1.88. The Hall–Kier alpha value is -1.17. The molecule has 0 fully saturated rings. The molecule has 0 saturated carbocycles. The van der Waals surface area contributed by atoms with E-state index >= 15 is 0 Å². The van der Waals surface area contributed by atoms with E-state index in [0.29, 0.717) is 0 Å². The molecule has 0 bridgehead atoms. The zero-order valence-electron chi connectivity index (χ0n) is 8.35. The maximum absolute atomic E-state index is 13.3. The summed E-state index contributed by atoms with van der Waals surface area (Å²) in [5.41, 5.74) is -0.331. The number of esters is 1. The Kier molecular flexibility index (Phi) is 4.23. The third-order valence-electron chi connectivity index (χ3n) is 2.04. The zero-order valence-corrected chi connectivity index (χ0v) is 9.11. The fourth-order valence-electron chi connectivity index (χ4n) is 1.20. The van der Waals surface area contributed by atoms with Crippen LogP contribution in [0.4, 0.5) is 4.39 Å². The monoisotopic (exact) mass is 248 g/mol. The molecule has 0 aromatic heterocycles. The lowest BCUT2D eigenvalue weighted by Crippen LogP contribution is -2.29. The third-order valence-corrected chi connectivity index (χ3v) is 2.37. The molecule has 2 atom stereocenters. The predicted molar refractivity (Wildman–Crippen MR) is 54.4 cm³/mol. The molecule has 4 nitrogen and oxygen atoms in total. The van der Waals surface area contributed by atoms with Gasteiger partial charge in [-0.15, -0.1) is 0 Å². The van der Waals surface area contributed by atoms with Crippen LogP contribution in [0.2, 0.25) is 5.02 Å². The van der Waals surface area contributed by atoms with Crippen molar-refractivity contribution < 1.29 is 24.1 Å². The Balaban J connectivity index is 3.04. The van der Waals surface area contributed by atoms with Crippen LogP contribution >= 0.6 is 11.6 Å². The fraction of sp³-hybridized carbons (Fsp3) is 0.300. The van der Waals surface area contributed by atoms with Gasteiger partial charge in [-0.25, -0.2) is 9.18 Å². The van der Waals surface area contributed by atoms with Crippen LogP contribution in [0.1, 0.15) is 11.7 Å². The Labute approximate surface area is 96.2 Å². The van der Waals surface area contributed by atoms with E-state index in [1.54, 1.807) is 0 Å². The Bertz CT molecular complexity index is 376. The van der Waals surface area contributed by atoms with Crippen molar-refractivity contribution in [2.24, 2.45) is 0 Å². The molecule has 0 aliphatic carbocycles. The van der Waals surface area contributed by atoms with E-state index in [1.165, 1.54) is 12.1 Å². The summed E-state index contributed by atoms with van der Waals surface area (Å²) in [6, 6.07) is 3.75. The first-order chi connectivity index (χ1) is 7.49. The summed E-state index contributed by atoms with van der Waals surface area (Å²) in [4.78, 5) is 11.0. The summed E-state index contributed by atoms with van der Waals surface area (Å²) in [6.45, 7) is 0. The lowest BCUT2D eigenvalue weighted by atomic mass is 10.0. The minimum Gasteiger partial charge on any atom is -0.467 e. The van der Waals surface area contributed by atoms with E-state index in [4.69, 9.17) is 11.6 Å². The van der Waals surface area contributed by atoms with Crippen molar-refractivity contribution >= 4 is 17.6 Å². The first-order valence-corrected chi connectivity index (χ1v) is 4.74. The smallest absolute Gasteiger partial charge is 0.337 e. The fourth-order valence-corrected chi connectivity index (χ4v) is 1.48. The number of aliphatic hydroxyl groups excluding tert-OH is 2. The predicted octanol–water partition coefficient (Wildman–Crippen LogP) is 1.05. The Morgan fingerprint density at radius 3 is 2.62 bits per heavy atom. The van der Waals surface area contributed by atoms with Gasteiger partial charge >= 0.3 is 5.97 Å². The summed E-state index contributed by atoms with van der Waals surface area (Å²) >= 11 is 5.65. The van der Waals surface area contributed by atoms with Crippen molar-refractivity contribution in [3.8, 4) is 0 Å². The van der Waals surface area contributed by atoms with E-state index < -0.39 is 24.0 Å². The molecule has 1 aromatic rings. The average molecular weight is 249 g/mol. The third kappa shape index (κ3) is 2.49. The van der Waals surface area contributed by atoms with E-state index in [1.807, 2.05) is 0 Å². The molecule has 1 rings (SSSR count). The molecule has 2 N–H and O–H groups in total. The van der Waals surface area contributed by atoms with Gasteiger partial charge in [0.1, 0.15) is 11.9 Å². The molecule has 0 aliphatic rings. The molecular formula is C10H10ClFO4. The SMILES string of the molecule is COC(=O)C(O)C(O)c1c(F)cccc1Cl. The molecule has 2 unspecified atom stereocenters. The van der Waals surface area contributed by atoms with Gasteiger partial charge in [-0.05, 0) is 12.1 Å². The number of methoxy groups -OCH3 is 1. The minimum absolute atomic E-state index is 0.0737. The zero-order chi connectivity index (χ0) is 12.3. The van der Waals surface area contributed by atoms with E-state index in [2.05, 4.69) is 4.74 Å². The van der Waals surface area contributed by atoms with Crippen LogP contribution < -0.4 is 0 Å². The number of rotatable bonds is 3. The maximum Gasteiger partial charge on any atom is 0.337 e. The normalized spacial score (nSPS) is 14.3. The number of hydrogen-bond donors (Lipinski definition) is 2. The van der Waals surface area contributed by atoms with Crippen molar-refractivity contribution in [1.29, 1.82) is 0 Å². The second-order valence-electron chi connectivity index (χ2n) is 3.05. The van der Waals surface area contributed by atoms with Crippen LogP contribution in [0.15, 0.2) is 18.2 Å². The lowest BCUT2D eigenvalue weighted by Gasteiger charge is -2.17. The number of hydrogen-bond acceptors (Lipinski definition) is 4. The summed E-state index contributed by atoms with van der Waals surface area (Å²) in [5, 5.41) is 18.8. The molecule has 0 aliphatic heterocycles. The number of carbonyl (C=O) groups is 1. The van der Waals surface area contributed by atoms with E-state index in [9.17, 15) is 19.4 Å². The van der Waals surface area contributed by atoms with Gasteiger partial charge in [-0.1, -0.05) is 17.7 Å². The van der Waals surface area contributed by atoms with Gasteiger partial charge in [0.05, 0.1) is 7.11 Å². The molecule has 16 heavy (non-hydrogen) atoms. The van der Waals surface area contributed by atoms with Crippen molar-refractivity contribution in [3.05, 3.63) is 34.6 Å². The van der Waals surface area contributed by atoms with Crippen molar-refractivity contribution in [3.63, 3.8) is 0 Å². The van der Waals surface area contributed by atoms with Crippen LogP contribution in [0.25, 0.3) is 0 Å². The topological polar surface area (TPSA) is 66.8 Å². The number of benzene rings is 1. The van der Waals surface area contributed by atoms with Crippen LogP contribution in [-0.2, 0) is 9.53 Å². The lowest BCUT2D eigenvalue weighted by molar-refractivity contribution is -0.156. The molecule has 0 spiro atoms. The summed E-state index contributed by atoms with van der Waals surface area (Å²) in [5.74, 6) is -1.87. The van der Waals surface area contributed by atoms with Crippen LogP contribution in [0.5, 0.6) is 0 Å². The van der Waals surface area contributed by atoms with Gasteiger partial charge in [0.25, 0.3) is 0 Å². The number of ether oxygens (including phenoxy) is 1. The number of aliphatic hydroxyl groups is 2. The largest absolute Gasteiger partial charge is 0.467 e. The molecule has 0 radical (unpaired) electrons. The highest BCUT2D eigenvalue weighted by Crippen LogP contribution is 2.28. The maximum atomic E-state index is 13.3. The molecule has 0 saturated heterocycles. The molecule has 0 heterocycles. The van der Waals surface area contributed by atoms with Crippen molar-refractivity contribution in [2.45, 2.75) is 12.2 Å². The standard InChI is InChI=1S/C10H10ClFO4/c1-16-10(15)9(14)8(13)7-5(11)3-2-4-6(7)12/h2-4,8-9,13-14H,1H3. The highest BCUT2D eigenvalue weighted by Gasteiger charge is 2.30. The highest BCUT2D eigenvalue weighted by molar-refractivity contribution is 6.31. The van der Waals surface area contributed by atoms with Crippen molar-refractivity contribution in [2.75, 3.05) is 7.11 Å². The second kappa shape index (κ2) is 5.25. The van der Waals surface area contributed by atoms with Gasteiger partial charge in [0.15, 0.2) is 6.10 Å². The first kappa shape index (κ1) is 12.9. The van der Waals surface area contributed by atoms with Crippen LogP contribution in [0, 0.1) is 5.82 Å². The summed E-state index contributed by atoms with van der Waals surface area (Å²) in [7, 11) is 1.04. The van der Waals surface area contributed by atoms with E-state index in [-0.39, 0.29) is 10.6 Å². The Morgan fingerprint density at radius 1 is 1.50 bits per heavy atom. The molecule has 0 amide bonds. The quantitative estimate of drug-likeness (QED) is 0.785. The van der Waals surface area contributed by atoms with Gasteiger partial charge in [-0.2, -0.15) is 0 Å². The number of halogens is 2. The van der Waals surface area contributed by atoms with Gasteiger partial charge < -0.3 is 14.9 Å². The summed E-state index contributed by atoms with van der Waals surface area (Å²) in [6.07, 6.45) is -3.64. The molecule has 88 valence electrons. The Morgan fingerprint density at radius 2 is 2.12 bits per heavy atom. The van der Waals surface area contributed by atoms with Crippen LogP contribution in [-0.4, -0.2) is 29.4 Å². The highest BCUT2D eigenvalue weighted by atomic mass is 35.5. The van der Waals surface area contributed by atoms with Crippen molar-refractivity contribution in [1.82, 2.24) is 0 Å². The second-order valence-corrected chi connectivity index (χ2v) is 3.46. The van der Waals surface area contributed by atoms with Gasteiger partial charge in [-0.3, -0.25) is 0 Å². The van der Waals surface area contributed by atoms with Gasteiger partial charge in [0, 0.05) is 10.6 Å². The van der Waals surface area contributed by atoms with Crippen LogP contribution in [0.3, 0.4) is 0 Å². The molecule has 6 heteroatoms. The number of carbonyl (C=O) groups excluding carboxylic acids is 1. The molecule has 1 aromatic carbocycles. The summed E-state index contributed by atoms with van der Waals surface area (Å²) < 4.78 is 17.5. The average Bonchev–Trinajstić information content (AvgIpc) is 2.26. The van der Waals surface area contributed by atoms with E-state index in [0.717, 1.165) is 13.2 Å². The molecular weight excluding hydrogens is 239 g/mol. The first-order valence-electron chi connectivity index (χ1n) is 4.37.